The minimum absolute atomic E-state index is 0.162. The Morgan fingerprint density at radius 3 is 2.27 bits per heavy atom. The van der Waals surface area contributed by atoms with Crippen LogP contribution in [0.4, 0.5) is 13.2 Å². The lowest BCUT2D eigenvalue weighted by Crippen LogP contribution is -2.08. The predicted molar refractivity (Wildman–Crippen MR) is 81.9 cm³/mol. The number of aryl methyl sites for hydroxylation is 1. The second kappa shape index (κ2) is 7.70. The summed E-state index contributed by atoms with van der Waals surface area (Å²) in [6, 6.07) is 5.41. The minimum atomic E-state index is -4.59. The molecule has 0 aliphatic rings. The number of alkyl halides is 3. The molecule has 0 saturated heterocycles. The average molecular weight is 352 g/mol. The quantitative estimate of drug-likeness (QED) is 0.573. The highest BCUT2D eigenvalue weighted by Gasteiger charge is 2.36. The molecule has 0 fully saturated rings. The van der Waals surface area contributed by atoms with Crippen LogP contribution in [0, 0.1) is 6.92 Å². The number of halogens is 5. The van der Waals surface area contributed by atoms with Gasteiger partial charge in [-0.05, 0) is 36.8 Å². The van der Waals surface area contributed by atoms with Gasteiger partial charge in [0.25, 0.3) is 0 Å². The third kappa shape index (κ3) is 4.78. The van der Waals surface area contributed by atoms with E-state index in [0.717, 1.165) is 17.8 Å². The summed E-state index contributed by atoms with van der Waals surface area (Å²) in [7, 11) is 0. The van der Waals surface area contributed by atoms with Crippen LogP contribution in [0.15, 0.2) is 30.5 Å². The van der Waals surface area contributed by atoms with E-state index in [-0.39, 0.29) is 10.9 Å². The summed E-state index contributed by atoms with van der Waals surface area (Å²) in [5.74, 6) is -0.376. The molecule has 2 rings (SSSR count). The van der Waals surface area contributed by atoms with Gasteiger partial charge in [0.15, 0.2) is 10.9 Å². The van der Waals surface area contributed by atoms with Crippen molar-refractivity contribution >= 4 is 23.2 Å². The first-order chi connectivity index (χ1) is 10.3. The highest BCUT2D eigenvalue weighted by atomic mass is 35.5. The summed E-state index contributed by atoms with van der Waals surface area (Å²) in [5, 5.41) is -0.00831. The summed E-state index contributed by atoms with van der Waals surface area (Å²) in [6.07, 6.45) is -3.61. The molecule has 0 amide bonds. The molecule has 7 heteroatoms. The van der Waals surface area contributed by atoms with E-state index < -0.39 is 17.5 Å². The molecule has 0 unspecified atom stereocenters. The fourth-order valence-electron chi connectivity index (χ4n) is 1.62. The van der Waals surface area contributed by atoms with E-state index in [4.69, 9.17) is 27.9 Å². The number of hydrogen-bond acceptors (Lipinski definition) is 2. The molecule has 0 atom stereocenters. The van der Waals surface area contributed by atoms with Crippen molar-refractivity contribution < 1.29 is 17.9 Å². The molecular formula is C15H14Cl2F3NO. The van der Waals surface area contributed by atoms with Gasteiger partial charge >= 0.3 is 6.18 Å². The third-order valence-electron chi connectivity index (χ3n) is 2.40. The van der Waals surface area contributed by atoms with Crippen molar-refractivity contribution in [2.75, 3.05) is 0 Å². The molecule has 0 aliphatic heterocycles. The fourth-order valence-corrected chi connectivity index (χ4v) is 2.10. The second-order valence-corrected chi connectivity index (χ2v) is 4.84. The van der Waals surface area contributed by atoms with Gasteiger partial charge in [-0.25, -0.2) is 4.98 Å². The van der Waals surface area contributed by atoms with Crippen molar-refractivity contribution in [3.05, 3.63) is 51.8 Å². The molecular weight excluding hydrogens is 338 g/mol. The molecule has 1 aromatic carbocycles. The second-order valence-electron chi connectivity index (χ2n) is 4.04. The monoisotopic (exact) mass is 351 g/mol. The Kier molecular flexibility index (Phi) is 6.50. The van der Waals surface area contributed by atoms with Crippen LogP contribution in [0.25, 0.3) is 0 Å². The van der Waals surface area contributed by atoms with E-state index in [1.54, 1.807) is 19.1 Å². The smallest absolute Gasteiger partial charge is 0.420 e. The Hall–Kier alpha value is -1.46. The van der Waals surface area contributed by atoms with Crippen LogP contribution in [-0.2, 0) is 6.18 Å². The van der Waals surface area contributed by atoms with Gasteiger partial charge in [-0.1, -0.05) is 37.0 Å². The van der Waals surface area contributed by atoms with E-state index in [1.165, 1.54) is 6.07 Å². The Morgan fingerprint density at radius 2 is 1.73 bits per heavy atom. The van der Waals surface area contributed by atoms with Gasteiger partial charge in [-0.15, -0.1) is 0 Å². The summed E-state index contributed by atoms with van der Waals surface area (Å²) in [6.45, 7) is 5.74. The highest BCUT2D eigenvalue weighted by molar-refractivity contribution is 6.31. The summed E-state index contributed by atoms with van der Waals surface area (Å²) < 4.78 is 43.9. The molecule has 0 N–H and O–H groups in total. The zero-order chi connectivity index (χ0) is 16.9. The highest BCUT2D eigenvalue weighted by Crippen LogP contribution is 2.41. The van der Waals surface area contributed by atoms with Crippen molar-refractivity contribution in [1.82, 2.24) is 4.98 Å². The number of nitrogens with zero attached hydrogens (tertiary/aromatic N) is 1. The maximum absolute atomic E-state index is 12.9. The first-order valence-electron chi connectivity index (χ1n) is 6.44. The van der Waals surface area contributed by atoms with Crippen LogP contribution >= 0.6 is 23.2 Å². The summed E-state index contributed by atoms with van der Waals surface area (Å²) in [4.78, 5) is 3.60. The standard InChI is InChI=1S/C13H8Cl2F3NO.C2H6/c1-7-4-8(14)6-9(5-7)20-11-10(13(16,17)18)2-3-19-12(11)15;1-2/h2-6H,1H3;1-2H3. The van der Waals surface area contributed by atoms with Crippen LogP contribution in [0.1, 0.15) is 25.0 Å². The molecule has 0 bridgehead atoms. The number of rotatable bonds is 2. The summed E-state index contributed by atoms with van der Waals surface area (Å²) >= 11 is 11.5. The lowest BCUT2D eigenvalue weighted by Gasteiger charge is -2.14. The van der Waals surface area contributed by atoms with Crippen molar-refractivity contribution in [2.24, 2.45) is 0 Å². The van der Waals surface area contributed by atoms with Gasteiger partial charge in [0, 0.05) is 11.2 Å². The lowest BCUT2D eigenvalue weighted by molar-refractivity contribution is -0.138. The van der Waals surface area contributed by atoms with Crippen LogP contribution in [0.5, 0.6) is 11.5 Å². The van der Waals surface area contributed by atoms with Gasteiger partial charge in [0.1, 0.15) is 11.3 Å². The van der Waals surface area contributed by atoms with Gasteiger partial charge in [-0.2, -0.15) is 13.2 Å². The van der Waals surface area contributed by atoms with Crippen LogP contribution < -0.4 is 4.74 Å². The van der Waals surface area contributed by atoms with E-state index in [0.29, 0.717) is 5.02 Å². The largest absolute Gasteiger partial charge is 0.453 e. The Morgan fingerprint density at radius 1 is 1.09 bits per heavy atom. The van der Waals surface area contributed by atoms with Gasteiger partial charge < -0.3 is 4.74 Å². The number of benzene rings is 1. The molecule has 2 nitrogen and oxygen atoms in total. The van der Waals surface area contributed by atoms with Crippen LogP contribution in [0.3, 0.4) is 0 Å². The third-order valence-corrected chi connectivity index (χ3v) is 2.89. The van der Waals surface area contributed by atoms with Crippen molar-refractivity contribution in [3.63, 3.8) is 0 Å². The molecule has 1 aromatic heterocycles. The zero-order valence-corrected chi connectivity index (χ0v) is 13.6. The summed E-state index contributed by atoms with van der Waals surface area (Å²) in [5.41, 5.74) is -0.240. The molecule has 0 spiro atoms. The van der Waals surface area contributed by atoms with Crippen molar-refractivity contribution in [3.8, 4) is 11.5 Å². The van der Waals surface area contributed by atoms with E-state index in [1.807, 2.05) is 13.8 Å². The molecule has 120 valence electrons. The fraction of sp³-hybridized carbons (Fsp3) is 0.267. The molecule has 2 aromatic rings. The first kappa shape index (κ1) is 18.6. The van der Waals surface area contributed by atoms with Crippen molar-refractivity contribution in [1.29, 1.82) is 0 Å². The van der Waals surface area contributed by atoms with E-state index >= 15 is 0 Å². The number of hydrogen-bond donors (Lipinski definition) is 0. The average Bonchev–Trinajstić information content (AvgIpc) is 2.41. The normalized spacial score (nSPS) is 10.7. The Bertz CT molecular complexity index is 625. The van der Waals surface area contributed by atoms with Gasteiger partial charge in [0.05, 0.1) is 0 Å². The number of pyridine rings is 1. The zero-order valence-electron chi connectivity index (χ0n) is 12.1. The molecule has 1 heterocycles. The lowest BCUT2D eigenvalue weighted by atomic mass is 10.2. The van der Waals surface area contributed by atoms with E-state index in [2.05, 4.69) is 4.98 Å². The molecule has 0 radical (unpaired) electrons. The minimum Gasteiger partial charge on any atom is -0.453 e. The topological polar surface area (TPSA) is 22.1 Å². The van der Waals surface area contributed by atoms with E-state index in [9.17, 15) is 13.2 Å². The van der Waals surface area contributed by atoms with Gasteiger partial charge in [-0.3, -0.25) is 0 Å². The maximum Gasteiger partial charge on any atom is 0.420 e. The predicted octanol–water partition coefficient (Wildman–Crippen LogP) is 6.53. The molecule has 0 aliphatic carbocycles. The maximum atomic E-state index is 12.9. The SMILES string of the molecule is CC.Cc1cc(Cl)cc(Oc2c(C(F)(F)F)ccnc2Cl)c1. The van der Waals surface area contributed by atoms with Gasteiger partial charge in [0.2, 0.25) is 0 Å². The van der Waals surface area contributed by atoms with Crippen molar-refractivity contribution in [2.45, 2.75) is 26.9 Å². The number of ether oxygens (including phenoxy) is 1. The Balaban J connectivity index is 0.00000116. The Labute approximate surface area is 136 Å². The van der Waals surface area contributed by atoms with Crippen LogP contribution in [-0.4, -0.2) is 4.98 Å². The molecule has 22 heavy (non-hydrogen) atoms. The first-order valence-corrected chi connectivity index (χ1v) is 7.19. The number of aromatic nitrogens is 1. The van der Waals surface area contributed by atoms with Crippen LogP contribution in [0.2, 0.25) is 10.2 Å². The molecule has 0 saturated carbocycles.